The third-order valence-corrected chi connectivity index (χ3v) is 3.88. The first-order valence-electron chi connectivity index (χ1n) is 8.31. The van der Waals surface area contributed by atoms with Crippen molar-refractivity contribution in [1.82, 2.24) is 5.32 Å². The number of benzene rings is 2. The lowest BCUT2D eigenvalue weighted by atomic mass is 10.0. The van der Waals surface area contributed by atoms with E-state index in [9.17, 15) is 14.7 Å². The van der Waals surface area contributed by atoms with Crippen LogP contribution in [0, 0.1) is 0 Å². The van der Waals surface area contributed by atoms with E-state index in [1.165, 1.54) is 7.11 Å². The van der Waals surface area contributed by atoms with Gasteiger partial charge in [-0.2, -0.15) is 0 Å². The van der Waals surface area contributed by atoms with Crippen LogP contribution in [0.15, 0.2) is 48.5 Å². The summed E-state index contributed by atoms with van der Waals surface area (Å²) < 4.78 is 4.57. The first kappa shape index (κ1) is 18.5. The highest BCUT2D eigenvalue weighted by atomic mass is 16.5. The predicted molar refractivity (Wildman–Crippen MR) is 95.6 cm³/mol. The molecule has 0 saturated heterocycles. The highest BCUT2D eigenvalue weighted by Crippen LogP contribution is 2.20. The number of unbranched alkanes of at least 4 members (excludes halogenated alkanes) is 1. The summed E-state index contributed by atoms with van der Waals surface area (Å²) in [7, 11) is 1.36. The number of carbonyl (C=O) groups excluding carboxylic acids is 2. The Bertz CT molecular complexity index is 713. The Morgan fingerprint density at radius 3 is 2.52 bits per heavy atom. The zero-order valence-electron chi connectivity index (χ0n) is 14.3. The second-order valence-electron chi connectivity index (χ2n) is 5.80. The molecule has 0 bridgehead atoms. The molecule has 2 rings (SSSR count). The van der Waals surface area contributed by atoms with E-state index >= 15 is 0 Å². The zero-order valence-corrected chi connectivity index (χ0v) is 14.3. The maximum Gasteiger partial charge on any atom is 0.305 e. The van der Waals surface area contributed by atoms with E-state index in [4.69, 9.17) is 0 Å². The van der Waals surface area contributed by atoms with Crippen molar-refractivity contribution in [2.24, 2.45) is 0 Å². The van der Waals surface area contributed by atoms with Gasteiger partial charge in [0.05, 0.1) is 12.7 Å². The molecule has 0 heterocycles. The number of amides is 1. The molecule has 1 amide bonds. The second-order valence-corrected chi connectivity index (χ2v) is 5.80. The summed E-state index contributed by atoms with van der Waals surface area (Å²) >= 11 is 0. The molecule has 25 heavy (non-hydrogen) atoms. The minimum Gasteiger partial charge on any atom is -0.507 e. The van der Waals surface area contributed by atoms with Gasteiger partial charge < -0.3 is 15.2 Å². The van der Waals surface area contributed by atoms with E-state index in [0.29, 0.717) is 32.2 Å². The molecule has 5 nitrogen and oxygen atoms in total. The largest absolute Gasteiger partial charge is 0.507 e. The summed E-state index contributed by atoms with van der Waals surface area (Å²) in [4.78, 5) is 23.3. The van der Waals surface area contributed by atoms with Crippen molar-refractivity contribution in [2.45, 2.75) is 25.7 Å². The molecule has 5 heteroatoms. The van der Waals surface area contributed by atoms with Crippen molar-refractivity contribution in [3.63, 3.8) is 0 Å². The van der Waals surface area contributed by atoms with Crippen LogP contribution in [0.2, 0.25) is 0 Å². The molecular formula is C20H23NO4. The van der Waals surface area contributed by atoms with Crippen molar-refractivity contribution in [3.05, 3.63) is 65.2 Å². The molecule has 2 aromatic carbocycles. The molecule has 0 aliphatic rings. The third-order valence-electron chi connectivity index (χ3n) is 3.88. The molecular weight excluding hydrogens is 318 g/mol. The number of phenols is 1. The number of nitrogens with one attached hydrogen (secondary N) is 1. The van der Waals surface area contributed by atoms with E-state index in [-0.39, 0.29) is 23.2 Å². The van der Waals surface area contributed by atoms with E-state index in [1.807, 2.05) is 36.4 Å². The van der Waals surface area contributed by atoms with Crippen molar-refractivity contribution in [3.8, 4) is 5.75 Å². The summed E-state index contributed by atoms with van der Waals surface area (Å²) in [5, 5.41) is 12.7. The fourth-order valence-corrected chi connectivity index (χ4v) is 2.50. The molecule has 0 aliphatic heterocycles. The third kappa shape index (κ3) is 5.95. The number of carbonyl (C=O) groups is 2. The number of phenolic OH excluding ortho intramolecular Hbond substituents is 1. The number of aromatic hydroxyl groups is 1. The standard InChI is InChI=1S/C20H23NO4/c1-25-19(23)9-5-6-12-21-20(24)17-14-16(10-11-18(17)22)13-15-7-3-2-4-8-15/h2-4,7-8,10-11,14,22H,5-6,9,12-13H2,1H3,(H,21,24). The van der Waals surface area contributed by atoms with Crippen LogP contribution in [0.25, 0.3) is 0 Å². The van der Waals surface area contributed by atoms with Gasteiger partial charge in [0.2, 0.25) is 0 Å². The number of methoxy groups -OCH3 is 1. The van der Waals surface area contributed by atoms with Gasteiger partial charge in [0.25, 0.3) is 5.91 Å². The van der Waals surface area contributed by atoms with Gasteiger partial charge >= 0.3 is 5.97 Å². The van der Waals surface area contributed by atoms with Crippen LogP contribution in [-0.4, -0.2) is 30.6 Å². The molecule has 2 N–H and O–H groups in total. The lowest BCUT2D eigenvalue weighted by Gasteiger charge is -2.09. The topological polar surface area (TPSA) is 75.6 Å². The van der Waals surface area contributed by atoms with Crippen LogP contribution >= 0.6 is 0 Å². The Morgan fingerprint density at radius 1 is 1.04 bits per heavy atom. The number of hydrogen-bond acceptors (Lipinski definition) is 4. The number of rotatable bonds is 8. The van der Waals surface area contributed by atoms with Crippen molar-refractivity contribution < 1.29 is 19.4 Å². The molecule has 2 aromatic rings. The van der Waals surface area contributed by atoms with Crippen LogP contribution in [0.4, 0.5) is 0 Å². The van der Waals surface area contributed by atoms with Gasteiger partial charge in [0.1, 0.15) is 5.75 Å². The highest BCUT2D eigenvalue weighted by Gasteiger charge is 2.12. The lowest BCUT2D eigenvalue weighted by Crippen LogP contribution is -2.24. The number of hydrogen-bond donors (Lipinski definition) is 2. The molecule has 132 valence electrons. The maximum absolute atomic E-state index is 12.3. The Hall–Kier alpha value is -2.82. The summed E-state index contributed by atoms with van der Waals surface area (Å²) in [5.74, 6) is -0.605. The van der Waals surface area contributed by atoms with Crippen LogP contribution in [0.3, 0.4) is 0 Å². The molecule has 0 spiro atoms. The van der Waals surface area contributed by atoms with Gasteiger partial charge in [-0.25, -0.2) is 0 Å². The minimum absolute atomic E-state index is 0.0381. The van der Waals surface area contributed by atoms with Crippen molar-refractivity contribution in [1.29, 1.82) is 0 Å². The summed E-state index contributed by atoms with van der Waals surface area (Å²) in [6.07, 6.45) is 2.35. The summed E-state index contributed by atoms with van der Waals surface area (Å²) in [5.41, 5.74) is 2.36. The van der Waals surface area contributed by atoms with Gasteiger partial charge in [-0.1, -0.05) is 36.4 Å². The predicted octanol–water partition coefficient (Wildman–Crippen LogP) is 3.06. The Kier molecular flexibility index (Phi) is 7.01. The van der Waals surface area contributed by atoms with E-state index in [1.54, 1.807) is 12.1 Å². The van der Waals surface area contributed by atoms with Crippen LogP contribution in [0.5, 0.6) is 5.75 Å². The van der Waals surface area contributed by atoms with E-state index in [2.05, 4.69) is 10.1 Å². The maximum atomic E-state index is 12.3. The zero-order chi connectivity index (χ0) is 18.1. The molecule has 0 saturated carbocycles. The van der Waals surface area contributed by atoms with Crippen LogP contribution < -0.4 is 5.32 Å². The quantitative estimate of drug-likeness (QED) is 0.571. The van der Waals surface area contributed by atoms with Crippen molar-refractivity contribution in [2.75, 3.05) is 13.7 Å². The second kappa shape index (κ2) is 9.47. The molecule has 0 atom stereocenters. The number of esters is 1. The minimum atomic E-state index is -0.314. The van der Waals surface area contributed by atoms with E-state index in [0.717, 1.165) is 11.1 Å². The molecule has 0 fully saturated rings. The monoisotopic (exact) mass is 341 g/mol. The number of ether oxygens (including phenoxy) is 1. The average molecular weight is 341 g/mol. The Labute approximate surface area is 147 Å². The highest BCUT2D eigenvalue weighted by molar-refractivity contribution is 5.97. The molecule has 0 radical (unpaired) electrons. The van der Waals surface area contributed by atoms with Crippen molar-refractivity contribution >= 4 is 11.9 Å². The fourth-order valence-electron chi connectivity index (χ4n) is 2.50. The van der Waals surface area contributed by atoms with Gasteiger partial charge in [0, 0.05) is 13.0 Å². The van der Waals surface area contributed by atoms with Gasteiger partial charge in [-0.3, -0.25) is 9.59 Å². The van der Waals surface area contributed by atoms with Gasteiger partial charge in [0.15, 0.2) is 0 Å². The first-order valence-corrected chi connectivity index (χ1v) is 8.31. The summed E-state index contributed by atoms with van der Waals surface area (Å²) in [6.45, 7) is 0.443. The van der Waals surface area contributed by atoms with Crippen LogP contribution in [0.1, 0.15) is 40.7 Å². The molecule has 0 aliphatic carbocycles. The van der Waals surface area contributed by atoms with Gasteiger partial charge in [-0.15, -0.1) is 0 Å². The SMILES string of the molecule is COC(=O)CCCCNC(=O)c1cc(Cc2ccccc2)ccc1O. The molecule has 0 unspecified atom stereocenters. The average Bonchev–Trinajstić information content (AvgIpc) is 2.63. The smallest absolute Gasteiger partial charge is 0.305 e. The first-order chi connectivity index (χ1) is 12.1. The van der Waals surface area contributed by atoms with Gasteiger partial charge in [-0.05, 0) is 42.5 Å². The summed E-state index contributed by atoms with van der Waals surface area (Å²) in [6, 6.07) is 15.0. The fraction of sp³-hybridized carbons (Fsp3) is 0.300. The lowest BCUT2D eigenvalue weighted by molar-refractivity contribution is -0.140. The normalized spacial score (nSPS) is 10.3. The Balaban J connectivity index is 1.90. The van der Waals surface area contributed by atoms with E-state index < -0.39 is 0 Å². The molecule has 0 aromatic heterocycles. The van der Waals surface area contributed by atoms with Crippen LogP contribution in [-0.2, 0) is 16.0 Å². The Morgan fingerprint density at radius 2 is 1.80 bits per heavy atom.